The van der Waals surface area contributed by atoms with Gasteiger partial charge in [-0.15, -0.1) is 11.8 Å². The Hall–Kier alpha value is -0.180. The van der Waals surface area contributed by atoms with Crippen molar-refractivity contribution >= 4 is 23.4 Å². The number of rotatable bonds is 8. The monoisotopic (exact) mass is 285 g/mol. The number of hydrogen-bond donors (Lipinski definition) is 1. The van der Waals surface area contributed by atoms with E-state index in [9.17, 15) is 0 Å². The largest absolute Gasteiger partial charge is 0.316 e. The summed E-state index contributed by atoms with van der Waals surface area (Å²) in [5.41, 5.74) is 0. The molecule has 1 aromatic rings. The molecule has 0 heterocycles. The van der Waals surface area contributed by atoms with Crippen LogP contribution < -0.4 is 5.32 Å². The van der Waals surface area contributed by atoms with Gasteiger partial charge in [0.15, 0.2) is 0 Å². The predicted molar refractivity (Wildman–Crippen MR) is 83.7 cm³/mol. The number of halogens is 1. The molecule has 1 nitrogen and oxygen atoms in total. The summed E-state index contributed by atoms with van der Waals surface area (Å²) < 4.78 is 0. The summed E-state index contributed by atoms with van der Waals surface area (Å²) in [6.45, 7) is 4.60. The lowest BCUT2D eigenvalue weighted by Gasteiger charge is -2.20. The van der Waals surface area contributed by atoms with Gasteiger partial charge in [0, 0.05) is 21.7 Å². The number of hydrogen-bond acceptors (Lipinski definition) is 2. The first kappa shape index (κ1) is 15.9. The molecule has 0 amide bonds. The van der Waals surface area contributed by atoms with Gasteiger partial charge < -0.3 is 5.32 Å². The Morgan fingerprint density at radius 1 is 1.39 bits per heavy atom. The van der Waals surface area contributed by atoms with E-state index in [2.05, 4.69) is 32.3 Å². The van der Waals surface area contributed by atoms with Crippen LogP contribution in [0.2, 0.25) is 5.02 Å². The van der Waals surface area contributed by atoms with Gasteiger partial charge >= 0.3 is 0 Å². The summed E-state index contributed by atoms with van der Waals surface area (Å²) >= 11 is 7.87. The highest BCUT2D eigenvalue weighted by Gasteiger charge is 2.11. The molecule has 1 N–H and O–H groups in total. The van der Waals surface area contributed by atoms with Crippen LogP contribution in [0.25, 0.3) is 0 Å². The van der Waals surface area contributed by atoms with Gasteiger partial charge in [0.1, 0.15) is 0 Å². The van der Waals surface area contributed by atoms with Gasteiger partial charge in [-0.05, 0) is 37.6 Å². The lowest BCUT2D eigenvalue weighted by molar-refractivity contribution is 0.420. The van der Waals surface area contributed by atoms with Crippen LogP contribution >= 0.6 is 23.4 Å². The van der Waals surface area contributed by atoms with Crippen molar-refractivity contribution in [3.05, 3.63) is 29.3 Å². The molecule has 3 heteroatoms. The van der Waals surface area contributed by atoms with Crippen molar-refractivity contribution < 1.29 is 0 Å². The van der Waals surface area contributed by atoms with Gasteiger partial charge in [-0.2, -0.15) is 0 Å². The quantitative estimate of drug-likeness (QED) is 0.686. The van der Waals surface area contributed by atoms with E-state index in [1.807, 2.05) is 30.0 Å². The topological polar surface area (TPSA) is 12.0 Å². The Kier molecular flexibility index (Phi) is 7.80. The molecular formula is C15H24ClNS. The van der Waals surface area contributed by atoms with E-state index < -0.39 is 0 Å². The highest BCUT2D eigenvalue weighted by Crippen LogP contribution is 2.24. The highest BCUT2D eigenvalue weighted by atomic mass is 35.5. The van der Waals surface area contributed by atoms with Crippen molar-refractivity contribution in [2.45, 2.75) is 44.0 Å². The molecule has 1 aromatic carbocycles. The van der Waals surface area contributed by atoms with E-state index >= 15 is 0 Å². The zero-order valence-corrected chi connectivity index (χ0v) is 13.2. The lowest BCUT2D eigenvalue weighted by Crippen LogP contribution is -2.29. The summed E-state index contributed by atoms with van der Waals surface area (Å²) in [4.78, 5) is 1.26. The van der Waals surface area contributed by atoms with Crippen LogP contribution in [0.4, 0.5) is 0 Å². The lowest BCUT2D eigenvalue weighted by atomic mass is 9.98. The fraction of sp³-hybridized carbons (Fsp3) is 0.600. The van der Waals surface area contributed by atoms with E-state index in [0.29, 0.717) is 6.04 Å². The van der Waals surface area contributed by atoms with Gasteiger partial charge in [-0.25, -0.2) is 0 Å². The van der Waals surface area contributed by atoms with Gasteiger partial charge in [0.25, 0.3) is 0 Å². The van der Waals surface area contributed by atoms with Crippen molar-refractivity contribution in [1.82, 2.24) is 5.32 Å². The van der Waals surface area contributed by atoms with Crippen molar-refractivity contribution in [3.63, 3.8) is 0 Å². The van der Waals surface area contributed by atoms with Crippen molar-refractivity contribution in [1.29, 1.82) is 0 Å². The average Bonchev–Trinajstić information content (AvgIpc) is 2.35. The molecule has 0 radical (unpaired) electrons. The molecule has 2 atom stereocenters. The summed E-state index contributed by atoms with van der Waals surface area (Å²) in [5.74, 6) is 1.90. The Bertz CT molecular complexity index is 343. The van der Waals surface area contributed by atoms with E-state index in [1.54, 1.807) is 0 Å². The van der Waals surface area contributed by atoms with Crippen LogP contribution in [0.1, 0.15) is 33.1 Å². The molecule has 0 saturated heterocycles. The zero-order chi connectivity index (χ0) is 13.4. The van der Waals surface area contributed by atoms with Gasteiger partial charge in [-0.1, -0.05) is 44.4 Å². The molecule has 2 unspecified atom stereocenters. The SMILES string of the molecule is CCCC(C)CC(CSc1cccc(Cl)c1)NC. The van der Waals surface area contributed by atoms with E-state index in [4.69, 9.17) is 11.6 Å². The van der Waals surface area contributed by atoms with E-state index in [-0.39, 0.29) is 0 Å². The first-order valence-corrected chi connectivity index (χ1v) is 8.07. The molecule has 0 spiro atoms. The second-order valence-corrected chi connectivity index (χ2v) is 6.41. The Morgan fingerprint density at radius 2 is 2.17 bits per heavy atom. The molecule has 0 saturated carbocycles. The minimum atomic E-state index is 0.579. The average molecular weight is 286 g/mol. The summed E-state index contributed by atoms with van der Waals surface area (Å²) in [7, 11) is 2.06. The smallest absolute Gasteiger partial charge is 0.0417 e. The van der Waals surface area contributed by atoms with Gasteiger partial charge in [-0.3, -0.25) is 0 Å². The van der Waals surface area contributed by atoms with Gasteiger partial charge in [0.2, 0.25) is 0 Å². The Morgan fingerprint density at radius 3 is 2.78 bits per heavy atom. The van der Waals surface area contributed by atoms with Crippen molar-refractivity contribution in [2.24, 2.45) is 5.92 Å². The zero-order valence-electron chi connectivity index (χ0n) is 11.6. The normalized spacial score (nSPS) is 14.4. The van der Waals surface area contributed by atoms with Crippen LogP contribution in [0.5, 0.6) is 0 Å². The summed E-state index contributed by atoms with van der Waals surface area (Å²) in [6, 6.07) is 8.67. The van der Waals surface area contributed by atoms with Crippen LogP contribution in [-0.2, 0) is 0 Å². The molecule has 0 aliphatic carbocycles. The Balaban J connectivity index is 2.39. The van der Waals surface area contributed by atoms with Crippen LogP contribution in [0.15, 0.2) is 29.2 Å². The molecule has 102 valence electrons. The Labute approximate surface area is 121 Å². The van der Waals surface area contributed by atoms with Crippen molar-refractivity contribution in [2.75, 3.05) is 12.8 Å². The van der Waals surface area contributed by atoms with E-state index in [1.165, 1.54) is 24.2 Å². The maximum atomic E-state index is 5.99. The molecular weight excluding hydrogens is 262 g/mol. The molecule has 0 aromatic heterocycles. The first-order chi connectivity index (χ1) is 8.65. The summed E-state index contributed by atoms with van der Waals surface area (Å²) in [6.07, 6.45) is 3.84. The standard InChI is InChI=1S/C15H24ClNS/c1-4-6-12(2)9-14(17-3)11-18-15-8-5-7-13(16)10-15/h5,7-8,10,12,14,17H,4,6,9,11H2,1-3H3. The van der Waals surface area contributed by atoms with Crippen LogP contribution in [0, 0.1) is 5.92 Å². The second kappa shape index (κ2) is 8.84. The molecule has 0 aliphatic rings. The fourth-order valence-corrected chi connectivity index (χ4v) is 3.46. The van der Waals surface area contributed by atoms with Crippen molar-refractivity contribution in [3.8, 4) is 0 Å². The van der Waals surface area contributed by atoms with Crippen LogP contribution in [-0.4, -0.2) is 18.8 Å². The first-order valence-electron chi connectivity index (χ1n) is 6.71. The second-order valence-electron chi connectivity index (χ2n) is 4.88. The molecule has 0 aliphatic heterocycles. The number of nitrogens with one attached hydrogen (secondary N) is 1. The highest BCUT2D eigenvalue weighted by molar-refractivity contribution is 7.99. The third kappa shape index (κ3) is 6.12. The van der Waals surface area contributed by atoms with Gasteiger partial charge in [0.05, 0.1) is 0 Å². The third-order valence-corrected chi connectivity index (χ3v) is 4.52. The van der Waals surface area contributed by atoms with Crippen LogP contribution in [0.3, 0.4) is 0 Å². The minimum Gasteiger partial charge on any atom is -0.316 e. The predicted octanol–water partition coefficient (Wildman–Crippen LogP) is 4.85. The third-order valence-electron chi connectivity index (χ3n) is 3.12. The van der Waals surface area contributed by atoms with E-state index in [0.717, 1.165) is 16.7 Å². The maximum Gasteiger partial charge on any atom is 0.0417 e. The molecule has 18 heavy (non-hydrogen) atoms. The summed E-state index contributed by atoms with van der Waals surface area (Å²) in [5, 5.41) is 4.24. The fourth-order valence-electron chi connectivity index (χ4n) is 2.12. The maximum absolute atomic E-state index is 5.99. The minimum absolute atomic E-state index is 0.579. The number of benzene rings is 1. The number of thioether (sulfide) groups is 1. The molecule has 0 fully saturated rings. The molecule has 1 rings (SSSR count). The molecule has 0 bridgehead atoms.